The van der Waals surface area contributed by atoms with Gasteiger partial charge in [0.2, 0.25) is 5.91 Å². The fourth-order valence-electron chi connectivity index (χ4n) is 5.01. The van der Waals surface area contributed by atoms with Crippen LogP contribution in [-0.4, -0.2) is 62.5 Å². The lowest BCUT2D eigenvalue weighted by molar-refractivity contribution is -0.138. The molecule has 1 aliphatic rings. The molecule has 0 aromatic heterocycles. The SMILES string of the molecule is CCCCC[C@H](O)/C=C/[C@H]1[C@H](O)CC(=O)[C@@H]1CCCCCCC(=O)N(C)C(O)Cc1ccc(C)c(O)c1. The van der Waals surface area contributed by atoms with Gasteiger partial charge in [0, 0.05) is 38.1 Å². The zero-order valence-corrected chi connectivity index (χ0v) is 22.8. The number of unbranched alkanes of at least 4 members (excludes halogenated alkanes) is 5. The Labute approximate surface area is 222 Å². The van der Waals surface area contributed by atoms with Gasteiger partial charge >= 0.3 is 0 Å². The molecule has 4 N–H and O–H groups in total. The third kappa shape index (κ3) is 10.2. The second-order valence-corrected chi connectivity index (χ2v) is 10.6. The molecule has 0 spiro atoms. The average Bonchev–Trinajstić information content (AvgIpc) is 3.13. The van der Waals surface area contributed by atoms with Crippen LogP contribution in [0, 0.1) is 18.8 Å². The van der Waals surface area contributed by atoms with E-state index in [-0.39, 0.29) is 42.1 Å². The monoisotopic (exact) mass is 517 g/mol. The minimum atomic E-state index is -0.954. The van der Waals surface area contributed by atoms with E-state index in [0.717, 1.165) is 49.7 Å². The van der Waals surface area contributed by atoms with Crippen molar-refractivity contribution in [1.29, 1.82) is 0 Å². The van der Waals surface area contributed by atoms with Crippen LogP contribution in [0.5, 0.6) is 5.75 Å². The van der Waals surface area contributed by atoms with Gasteiger partial charge in [0.1, 0.15) is 17.8 Å². The van der Waals surface area contributed by atoms with Gasteiger partial charge in [-0.3, -0.25) is 9.59 Å². The first-order chi connectivity index (χ1) is 17.6. The Morgan fingerprint density at radius 1 is 1.14 bits per heavy atom. The molecule has 37 heavy (non-hydrogen) atoms. The molecular weight excluding hydrogens is 470 g/mol. The maximum atomic E-state index is 12.5. The summed E-state index contributed by atoms with van der Waals surface area (Å²) in [6.07, 6.45) is 10.0. The Balaban J connectivity index is 1.69. The van der Waals surface area contributed by atoms with E-state index in [1.165, 1.54) is 4.90 Å². The molecule has 1 unspecified atom stereocenters. The number of hydrogen-bond donors (Lipinski definition) is 4. The Morgan fingerprint density at radius 2 is 1.86 bits per heavy atom. The molecule has 0 radical (unpaired) electrons. The number of aryl methyl sites for hydroxylation is 1. The van der Waals surface area contributed by atoms with Crippen molar-refractivity contribution in [2.24, 2.45) is 11.8 Å². The molecule has 5 atom stereocenters. The zero-order chi connectivity index (χ0) is 27.4. The van der Waals surface area contributed by atoms with Gasteiger partial charge in [-0.1, -0.05) is 69.7 Å². The van der Waals surface area contributed by atoms with Gasteiger partial charge in [-0.2, -0.15) is 0 Å². The number of carbonyl (C=O) groups is 2. The number of benzene rings is 1. The summed E-state index contributed by atoms with van der Waals surface area (Å²) >= 11 is 0. The van der Waals surface area contributed by atoms with E-state index in [9.17, 15) is 30.0 Å². The first-order valence-electron chi connectivity index (χ1n) is 13.9. The van der Waals surface area contributed by atoms with Crippen molar-refractivity contribution in [3.63, 3.8) is 0 Å². The van der Waals surface area contributed by atoms with Crippen molar-refractivity contribution >= 4 is 11.7 Å². The minimum absolute atomic E-state index is 0.0929. The molecule has 7 heteroatoms. The second-order valence-electron chi connectivity index (χ2n) is 10.6. The van der Waals surface area contributed by atoms with Crippen LogP contribution in [0.3, 0.4) is 0 Å². The van der Waals surface area contributed by atoms with Crippen LogP contribution in [-0.2, 0) is 16.0 Å². The van der Waals surface area contributed by atoms with Crippen molar-refractivity contribution in [2.75, 3.05) is 7.05 Å². The number of nitrogens with zero attached hydrogens (tertiary/aromatic N) is 1. The van der Waals surface area contributed by atoms with Gasteiger partial charge in [0.25, 0.3) is 0 Å². The smallest absolute Gasteiger partial charge is 0.224 e. The summed E-state index contributed by atoms with van der Waals surface area (Å²) in [5.74, 6) is -0.301. The van der Waals surface area contributed by atoms with Gasteiger partial charge in [0.15, 0.2) is 0 Å². The number of phenols is 1. The van der Waals surface area contributed by atoms with E-state index >= 15 is 0 Å². The summed E-state index contributed by atoms with van der Waals surface area (Å²) < 4.78 is 0. The number of rotatable bonds is 16. The quantitative estimate of drug-likeness (QED) is 0.146. The Morgan fingerprint density at radius 3 is 2.57 bits per heavy atom. The van der Waals surface area contributed by atoms with Crippen molar-refractivity contribution in [3.8, 4) is 5.75 Å². The summed E-state index contributed by atoms with van der Waals surface area (Å²) in [6, 6.07) is 5.23. The zero-order valence-electron chi connectivity index (χ0n) is 22.8. The molecule has 0 heterocycles. The van der Waals surface area contributed by atoms with Crippen LogP contribution in [0.4, 0.5) is 0 Å². The van der Waals surface area contributed by atoms with E-state index in [0.29, 0.717) is 25.7 Å². The fraction of sp³-hybridized carbons (Fsp3) is 0.667. The summed E-state index contributed by atoms with van der Waals surface area (Å²) in [5, 5.41) is 40.7. The van der Waals surface area contributed by atoms with Gasteiger partial charge in [-0.05, 0) is 43.4 Å². The highest BCUT2D eigenvalue weighted by Gasteiger charge is 2.39. The Bertz CT molecular complexity index is 885. The maximum Gasteiger partial charge on any atom is 0.224 e. The molecule has 0 saturated heterocycles. The van der Waals surface area contributed by atoms with E-state index in [1.54, 1.807) is 32.2 Å². The van der Waals surface area contributed by atoms with Crippen LogP contribution in [0.15, 0.2) is 30.4 Å². The number of aliphatic hydroxyl groups is 3. The molecular formula is C30H47NO6. The second kappa shape index (κ2) is 15.9. The van der Waals surface area contributed by atoms with Crippen LogP contribution < -0.4 is 0 Å². The number of carbonyl (C=O) groups excluding carboxylic acids is 2. The van der Waals surface area contributed by atoms with Gasteiger partial charge < -0.3 is 25.3 Å². The van der Waals surface area contributed by atoms with E-state index in [4.69, 9.17) is 0 Å². The molecule has 1 saturated carbocycles. The van der Waals surface area contributed by atoms with Crippen molar-refractivity contribution < 1.29 is 30.0 Å². The first kappa shape index (κ1) is 31.0. The van der Waals surface area contributed by atoms with Crippen molar-refractivity contribution in [2.45, 2.75) is 109 Å². The Hall–Kier alpha value is -2.22. The van der Waals surface area contributed by atoms with Crippen molar-refractivity contribution in [1.82, 2.24) is 4.90 Å². The maximum absolute atomic E-state index is 12.5. The number of amides is 1. The number of likely N-dealkylation sites (N-methyl/N-ethyl adjacent to an activating group) is 1. The van der Waals surface area contributed by atoms with Gasteiger partial charge in [0.05, 0.1) is 12.2 Å². The lowest BCUT2D eigenvalue weighted by Crippen LogP contribution is -2.38. The predicted octanol–water partition coefficient (Wildman–Crippen LogP) is 4.42. The summed E-state index contributed by atoms with van der Waals surface area (Å²) in [6.45, 7) is 3.92. The molecule has 208 valence electrons. The molecule has 1 aliphatic carbocycles. The highest BCUT2D eigenvalue weighted by molar-refractivity contribution is 5.84. The standard InChI is InChI=1S/C30H47NO6/c1-4-5-8-11-23(32)16-17-25-24(27(34)20-28(25)35)12-9-6-7-10-13-29(36)31(3)30(37)19-22-15-14-21(2)26(33)18-22/h14-18,23-25,28,30,32-33,35,37H,4-13,19-20H2,1-3H3/b17-16+/t23-,24+,25+,28+,30?/m0/s1. The van der Waals surface area contributed by atoms with Crippen LogP contribution in [0.2, 0.25) is 0 Å². The van der Waals surface area contributed by atoms with Gasteiger partial charge in [-0.25, -0.2) is 0 Å². The average molecular weight is 518 g/mol. The lowest BCUT2D eigenvalue weighted by atomic mass is 9.88. The van der Waals surface area contributed by atoms with E-state index < -0.39 is 18.4 Å². The molecule has 1 amide bonds. The summed E-state index contributed by atoms with van der Waals surface area (Å²) in [5.41, 5.74) is 1.53. The topological polar surface area (TPSA) is 118 Å². The number of hydrogen-bond acceptors (Lipinski definition) is 6. The number of aliphatic hydroxyl groups excluding tert-OH is 3. The predicted molar refractivity (Wildman–Crippen MR) is 145 cm³/mol. The molecule has 1 fully saturated rings. The number of phenolic OH excluding ortho intramolecular Hbond substituents is 1. The first-order valence-corrected chi connectivity index (χ1v) is 13.9. The molecule has 1 aromatic rings. The molecule has 1 aromatic carbocycles. The van der Waals surface area contributed by atoms with E-state index in [1.807, 2.05) is 12.1 Å². The largest absolute Gasteiger partial charge is 0.508 e. The minimum Gasteiger partial charge on any atom is -0.508 e. The molecule has 7 nitrogen and oxygen atoms in total. The molecule has 0 bridgehead atoms. The normalized spacial score (nSPS) is 21.5. The Kier molecular flexibility index (Phi) is 13.3. The number of aromatic hydroxyl groups is 1. The van der Waals surface area contributed by atoms with Crippen LogP contribution in [0.25, 0.3) is 0 Å². The number of ketones is 1. The lowest BCUT2D eigenvalue weighted by Gasteiger charge is -2.24. The fourth-order valence-corrected chi connectivity index (χ4v) is 5.01. The number of Topliss-reactive ketones (excluding diaryl/α,β-unsaturated/α-hetero) is 1. The summed E-state index contributed by atoms with van der Waals surface area (Å²) in [7, 11) is 1.59. The summed E-state index contributed by atoms with van der Waals surface area (Å²) in [4.78, 5) is 26.3. The third-order valence-electron chi connectivity index (χ3n) is 7.58. The van der Waals surface area contributed by atoms with Crippen LogP contribution >= 0.6 is 0 Å². The molecule has 0 aliphatic heterocycles. The van der Waals surface area contributed by atoms with Gasteiger partial charge in [-0.15, -0.1) is 0 Å². The highest BCUT2D eigenvalue weighted by Crippen LogP contribution is 2.34. The van der Waals surface area contributed by atoms with Crippen LogP contribution in [0.1, 0.15) is 88.7 Å². The van der Waals surface area contributed by atoms with E-state index in [2.05, 4.69) is 6.92 Å². The highest BCUT2D eigenvalue weighted by atomic mass is 16.3. The van der Waals surface area contributed by atoms with Crippen molar-refractivity contribution in [3.05, 3.63) is 41.5 Å². The molecule has 2 rings (SSSR count). The third-order valence-corrected chi connectivity index (χ3v) is 7.58.